The number of halogens is 1. The lowest BCUT2D eigenvalue weighted by Crippen LogP contribution is -2.14. The first-order valence-corrected chi connectivity index (χ1v) is 9.87. The van der Waals surface area contributed by atoms with Gasteiger partial charge >= 0.3 is 0 Å². The fraction of sp³-hybridized carbons (Fsp3) is 0.0417. The summed E-state index contributed by atoms with van der Waals surface area (Å²) in [6.07, 6.45) is 5.23. The van der Waals surface area contributed by atoms with Gasteiger partial charge in [0.1, 0.15) is 0 Å². The van der Waals surface area contributed by atoms with Crippen molar-refractivity contribution in [3.63, 3.8) is 0 Å². The van der Waals surface area contributed by atoms with Crippen LogP contribution in [0.5, 0.6) is 0 Å². The van der Waals surface area contributed by atoms with Crippen molar-refractivity contribution in [2.24, 2.45) is 0 Å². The lowest BCUT2D eigenvalue weighted by molar-refractivity contribution is 0.864. The predicted molar refractivity (Wildman–Crippen MR) is 120 cm³/mol. The Morgan fingerprint density at radius 1 is 0.900 bits per heavy atom. The first-order valence-electron chi connectivity index (χ1n) is 9.49. The van der Waals surface area contributed by atoms with E-state index in [1.807, 2.05) is 49.5 Å². The second-order valence-corrected chi connectivity index (χ2v) is 7.49. The zero-order valence-electron chi connectivity index (χ0n) is 16.1. The van der Waals surface area contributed by atoms with Gasteiger partial charge in [-0.25, -0.2) is 4.68 Å². The maximum Gasteiger partial charge on any atom is 0.280 e. The van der Waals surface area contributed by atoms with E-state index in [9.17, 15) is 4.79 Å². The van der Waals surface area contributed by atoms with Crippen molar-refractivity contribution < 1.29 is 0 Å². The summed E-state index contributed by atoms with van der Waals surface area (Å²) >= 11 is 5.99. The van der Waals surface area contributed by atoms with Crippen LogP contribution in [-0.4, -0.2) is 19.7 Å². The van der Waals surface area contributed by atoms with Crippen molar-refractivity contribution in [1.82, 2.24) is 19.7 Å². The number of rotatable bonds is 3. The second-order valence-electron chi connectivity index (χ2n) is 7.06. The third-order valence-electron chi connectivity index (χ3n) is 5.18. The molecular weight excluding hydrogens is 396 g/mol. The molecule has 0 saturated carbocycles. The highest BCUT2D eigenvalue weighted by molar-refractivity contribution is 6.30. The van der Waals surface area contributed by atoms with Crippen LogP contribution in [0.3, 0.4) is 0 Å². The molecule has 5 aromatic rings. The molecule has 1 N–H and O–H groups in total. The fourth-order valence-corrected chi connectivity index (χ4v) is 3.78. The summed E-state index contributed by atoms with van der Waals surface area (Å²) in [4.78, 5) is 21.7. The summed E-state index contributed by atoms with van der Waals surface area (Å²) in [6, 6.07) is 19.3. The van der Waals surface area contributed by atoms with Crippen LogP contribution in [-0.2, 0) is 0 Å². The third kappa shape index (κ3) is 3.09. The van der Waals surface area contributed by atoms with Gasteiger partial charge in [0.05, 0.1) is 16.6 Å². The number of fused-ring (bicyclic) bond motifs is 1. The van der Waals surface area contributed by atoms with Gasteiger partial charge in [0.15, 0.2) is 0 Å². The van der Waals surface area contributed by atoms with E-state index in [0.29, 0.717) is 10.4 Å². The molecule has 0 unspecified atom stereocenters. The number of H-pyrrole nitrogens is 1. The fourth-order valence-electron chi connectivity index (χ4n) is 3.66. The van der Waals surface area contributed by atoms with Crippen molar-refractivity contribution in [2.45, 2.75) is 6.92 Å². The maximum absolute atomic E-state index is 13.0. The Morgan fingerprint density at radius 2 is 1.63 bits per heavy atom. The van der Waals surface area contributed by atoms with E-state index in [1.165, 1.54) is 4.68 Å². The van der Waals surface area contributed by atoms with E-state index >= 15 is 0 Å². The van der Waals surface area contributed by atoms with E-state index in [2.05, 4.69) is 27.2 Å². The zero-order chi connectivity index (χ0) is 20.7. The molecule has 0 amide bonds. The van der Waals surface area contributed by atoms with E-state index < -0.39 is 0 Å². The van der Waals surface area contributed by atoms with Crippen LogP contribution in [0.25, 0.3) is 38.8 Å². The van der Waals surface area contributed by atoms with Gasteiger partial charge in [0.2, 0.25) is 0 Å². The topological polar surface area (TPSA) is 63.6 Å². The SMILES string of the molecule is Cc1ncc2c(=O)n(-c3ccc(Cl)cc3)[nH]c2c1-c1ccc(-c2cccnc2)cc1. The summed E-state index contributed by atoms with van der Waals surface area (Å²) in [6.45, 7) is 1.95. The van der Waals surface area contributed by atoms with Gasteiger partial charge in [0.25, 0.3) is 5.56 Å². The Bertz CT molecular complexity index is 1400. The Labute approximate surface area is 177 Å². The normalized spacial score (nSPS) is 11.1. The largest absolute Gasteiger partial charge is 0.290 e. The summed E-state index contributed by atoms with van der Waals surface area (Å²) in [7, 11) is 0. The molecule has 2 aromatic carbocycles. The number of nitrogens with one attached hydrogen (secondary N) is 1. The van der Waals surface area contributed by atoms with Crippen LogP contribution in [0, 0.1) is 6.92 Å². The molecule has 0 spiro atoms. The summed E-state index contributed by atoms with van der Waals surface area (Å²) in [5, 5.41) is 4.43. The monoisotopic (exact) mass is 412 g/mol. The molecule has 0 aliphatic heterocycles. The third-order valence-corrected chi connectivity index (χ3v) is 5.43. The van der Waals surface area contributed by atoms with Gasteiger partial charge in [0, 0.05) is 34.9 Å². The Balaban J connectivity index is 1.66. The minimum atomic E-state index is -0.145. The minimum Gasteiger partial charge on any atom is -0.290 e. The van der Waals surface area contributed by atoms with E-state index in [-0.39, 0.29) is 5.56 Å². The number of aryl methyl sites for hydroxylation is 1. The van der Waals surface area contributed by atoms with Crippen molar-refractivity contribution in [3.05, 3.63) is 100 Å². The lowest BCUT2D eigenvalue weighted by atomic mass is 9.99. The van der Waals surface area contributed by atoms with Crippen LogP contribution in [0.1, 0.15) is 5.69 Å². The van der Waals surface area contributed by atoms with Gasteiger partial charge in [-0.05, 0) is 53.9 Å². The van der Waals surface area contributed by atoms with Crippen LogP contribution in [0.15, 0.2) is 84.0 Å². The first-order chi connectivity index (χ1) is 14.6. The molecule has 0 fully saturated rings. The molecular formula is C24H17ClN4O. The molecule has 0 aliphatic carbocycles. The van der Waals surface area contributed by atoms with E-state index in [0.717, 1.165) is 39.2 Å². The highest BCUT2D eigenvalue weighted by atomic mass is 35.5. The zero-order valence-corrected chi connectivity index (χ0v) is 16.9. The molecule has 0 bridgehead atoms. The van der Waals surface area contributed by atoms with Gasteiger partial charge in [-0.1, -0.05) is 41.9 Å². The molecule has 0 aliphatic rings. The summed E-state index contributed by atoms with van der Waals surface area (Å²) in [5.41, 5.74) is 6.22. The maximum atomic E-state index is 13.0. The van der Waals surface area contributed by atoms with Gasteiger partial charge in [-0.3, -0.25) is 19.9 Å². The molecule has 3 heterocycles. The van der Waals surface area contributed by atoms with Crippen LogP contribution in [0.2, 0.25) is 5.02 Å². The first kappa shape index (κ1) is 18.3. The van der Waals surface area contributed by atoms with Crippen LogP contribution in [0.4, 0.5) is 0 Å². The number of aromatic nitrogens is 4. The number of benzene rings is 2. The van der Waals surface area contributed by atoms with Gasteiger partial charge in [-0.2, -0.15) is 0 Å². The highest BCUT2D eigenvalue weighted by Gasteiger charge is 2.16. The molecule has 5 rings (SSSR count). The second kappa shape index (κ2) is 7.28. The summed E-state index contributed by atoms with van der Waals surface area (Å²) in [5.74, 6) is 0. The van der Waals surface area contributed by atoms with Crippen molar-refractivity contribution >= 4 is 22.5 Å². The van der Waals surface area contributed by atoms with E-state index in [1.54, 1.807) is 24.5 Å². The quantitative estimate of drug-likeness (QED) is 0.431. The predicted octanol–water partition coefficient (Wildman–Crippen LogP) is 5.40. The molecule has 6 heteroatoms. The number of nitrogens with zero attached hydrogens (tertiary/aromatic N) is 3. The van der Waals surface area contributed by atoms with Crippen LogP contribution < -0.4 is 5.56 Å². The number of pyridine rings is 2. The van der Waals surface area contributed by atoms with Crippen molar-refractivity contribution in [1.29, 1.82) is 0 Å². The average Bonchev–Trinajstić information content (AvgIpc) is 3.11. The Hall–Kier alpha value is -3.70. The minimum absolute atomic E-state index is 0.145. The molecule has 146 valence electrons. The number of aromatic amines is 1. The summed E-state index contributed by atoms with van der Waals surface area (Å²) < 4.78 is 1.52. The molecule has 5 nitrogen and oxygen atoms in total. The smallest absolute Gasteiger partial charge is 0.280 e. The standard InChI is InChI=1S/C24H17ClN4O/c1-15-22(17-6-4-16(5-7-17)18-3-2-12-26-13-18)23-21(14-27-15)24(30)29(28-23)20-10-8-19(25)9-11-20/h2-14,28H,1H3. The van der Waals surface area contributed by atoms with Crippen molar-refractivity contribution in [3.8, 4) is 27.9 Å². The molecule has 30 heavy (non-hydrogen) atoms. The average molecular weight is 413 g/mol. The highest BCUT2D eigenvalue weighted by Crippen LogP contribution is 2.30. The van der Waals surface area contributed by atoms with Crippen molar-refractivity contribution in [2.75, 3.05) is 0 Å². The van der Waals surface area contributed by atoms with Crippen LogP contribution >= 0.6 is 11.6 Å². The molecule has 0 radical (unpaired) electrons. The molecule has 0 atom stereocenters. The van der Waals surface area contributed by atoms with Gasteiger partial charge in [-0.15, -0.1) is 0 Å². The Morgan fingerprint density at radius 3 is 2.33 bits per heavy atom. The van der Waals surface area contributed by atoms with Gasteiger partial charge < -0.3 is 0 Å². The Kier molecular flexibility index (Phi) is 4.45. The lowest BCUT2D eigenvalue weighted by Gasteiger charge is -2.08. The van der Waals surface area contributed by atoms with E-state index in [4.69, 9.17) is 11.6 Å². The molecule has 0 saturated heterocycles. The number of hydrogen-bond donors (Lipinski definition) is 1. The number of hydrogen-bond acceptors (Lipinski definition) is 3. The molecule has 3 aromatic heterocycles.